The second kappa shape index (κ2) is 3.62. The quantitative estimate of drug-likeness (QED) is 0.616. The summed E-state index contributed by atoms with van der Waals surface area (Å²) in [6, 6.07) is 7.96. The molecule has 3 aromatic rings. The van der Waals surface area contributed by atoms with Gasteiger partial charge in [-0.15, -0.1) is 0 Å². The molecule has 92 valence electrons. The van der Waals surface area contributed by atoms with Gasteiger partial charge in [0.05, 0.1) is 21.9 Å². The zero-order valence-electron chi connectivity index (χ0n) is 9.88. The number of carbonyl (C=O) groups is 1. The minimum absolute atomic E-state index is 0.0298. The van der Waals surface area contributed by atoms with E-state index in [1.165, 1.54) is 4.09 Å². The fourth-order valence-corrected chi connectivity index (χ4v) is 2.84. The van der Waals surface area contributed by atoms with Crippen LogP contribution in [0.5, 0.6) is 0 Å². The maximum Gasteiger partial charge on any atom is 0.189 e. The van der Waals surface area contributed by atoms with E-state index < -0.39 is 0 Å². The molecule has 0 aliphatic heterocycles. The smallest absolute Gasteiger partial charge is 0.189 e. The van der Waals surface area contributed by atoms with Crippen LogP contribution in [0.25, 0.3) is 22.5 Å². The Morgan fingerprint density at radius 2 is 2.05 bits per heavy atom. The number of halogens is 1. The zero-order chi connectivity index (χ0) is 13.0. The van der Waals surface area contributed by atoms with Crippen molar-refractivity contribution < 1.29 is 4.79 Å². The van der Waals surface area contributed by atoms with E-state index in [2.05, 4.69) is 0 Å². The summed E-state index contributed by atoms with van der Waals surface area (Å²) in [5.41, 5.74) is 2.49. The molecule has 0 fully saturated rings. The first-order valence-corrected chi connectivity index (χ1v) is 6.30. The highest BCUT2D eigenvalue weighted by Gasteiger charge is 2.13. The molecular formula is C15H9ClN2O. The van der Waals surface area contributed by atoms with Crippen LogP contribution in [0.3, 0.4) is 0 Å². The van der Waals surface area contributed by atoms with Crippen molar-refractivity contribution >= 4 is 40.1 Å². The van der Waals surface area contributed by atoms with Gasteiger partial charge in [-0.2, -0.15) is 0 Å². The first kappa shape index (κ1) is 10.6. The highest BCUT2D eigenvalue weighted by molar-refractivity contribution is 6.20. The highest BCUT2D eigenvalue weighted by Crippen LogP contribution is 2.21. The molecule has 0 unspecified atom stereocenters. The van der Waals surface area contributed by atoms with Gasteiger partial charge in [0.15, 0.2) is 5.78 Å². The molecule has 0 amide bonds. The van der Waals surface area contributed by atoms with E-state index in [-0.39, 0.29) is 5.78 Å². The average molecular weight is 269 g/mol. The van der Waals surface area contributed by atoms with Gasteiger partial charge >= 0.3 is 0 Å². The van der Waals surface area contributed by atoms with E-state index in [1.807, 2.05) is 40.9 Å². The topological polar surface area (TPSA) is 26.4 Å². The number of carbonyl (C=O) groups excluding carboxylic acids is 1. The van der Waals surface area contributed by atoms with Crippen molar-refractivity contribution in [1.29, 1.82) is 0 Å². The minimum atomic E-state index is -0.0298. The van der Waals surface area contributed by atoms with Gasteiger partial charge in [-0.1, -0.05) is 18.2 Å². The van der Waals surface area contributed by atoms with Crippen molar-refractivity contribution in [1.82, 2.24) is 8.49 Å². The van der Waals surface area contributed by atoms with Crippen LogP contribution in [0, 0.1) is 0 Å². The van der Waals surface area contributed by atoms with Crippen molar-refractivity contribution in [3.63, 3.8) is 0 Å². The Hall–Kier alpha value is -2.26. The third-order valence-electron chi connectivity index (χ3n) is 3.47. The Labute approximate surface area is 113 Å². The summed E-state index contributed by atoms with van der Waals surface area (Å²) < 4.78 is 3.51. The molecule has 0 saturated carbocycles. The normalized spacial score (nSPS) is 13.8. The predicted molar refractivity (Wildman–Crippen MR) is 76.1 cm³/mol. The van der Waals surface area contributed by atoms with Crippen molar-refractivity contribution in [2.24, 2.45) is 0 Å². The lowest BCUT2D eigenvalue weighted by Crippen LogP contribution is -2.21. The lowest BCUT2D eigenvalue weighted by Gasteiger charge is -2.00. The zero-order valence-corrected chi connectivity index (χ0v) is 10.6. The Bertz CT molecular complexity index is 944. The van der Waals surface area contributed by atoms with Crippen LogP contribution in [0.4, 0.5) is 0 Å². The van der Waals surface area contributed by atoms with Gasteiger partial charge in [-0.25, -0.2) is 0 Å². The minimum Gasteiger partial charge on any atom is -0.314 e. The number of aromatic nitrogens is 2. The number of para-hydroxylation sites is 1. The number of ketones is 1. The summed E-state index contributed by atoms with van der Waals surface area (Å²) in [4.78, 5) is 12.0. The largest absolute Gasteiger partial charge is 0.314 e. The summed E-state index contributed by atoms with van der Waals surface area (Å²) >= 11 is 6.30. The number of hydrogen-bond donors (Lipinski definition) is 0. The molecule has 0 spiro atoms. The predicted octanol–water partition coefficient (Wildman–Crippen LogP) is 2.71. The van der Waals surface area contributed by atoms with Crippen LogP contribution in [-0.2, 0) is 0 Å². The number of rotatable bonds is 0. The monoisotopic (exact) mass is 268 g/mol. The van der Waals surface area contributed by atoms with E-state index in [1.54, 1.807) is 18.3 Å². The van der Waals surface area contributed by atoms with E-state index in [0.717, 1.165) is 21.8 Å². The fraction of sp³-hybridized carbons (Fsp3) is 0. The van der Waals surface area contributed by atoms with Gasteiger partial charge in [0.25, 0.3) is 0 Å². The molecule has 3 nitrogen and oxygen atoms in total. The molecule has 2 aromatic heterocycles. The molecule has 4 heteroatoms. The molecule has 1 aliphatic rings. The van der Waals surface area contributed by atoms with E-state index >= 15 is 0 Å². The van der Waals surface area contributed by atoms with Crippen LogP contribution in [0.1, 0.15) is 10.4 Å². The van der Waals surface area contributed by atoms with Gasteiger partial charge in [-0.05, 0) is 24.3 Å². The van der Waals surface area contributed by atoms with Crippen molar-refractivity contribution in [2.75, 3.05) is 0 Å². The molecule has 0 radical (unpaired) electrons. The van der Waals surface area contributed by atoms with Crippen LogP contribution >= 0.6 is 11.8 Å². The number of fused-ring (bicyclic) bond motifs is 2. The van der Waals surface area contributed by atoms with Crippen molar-refractivity contribution in [3.05, 3.63) is 59.7 Å². The van der Waals surface area contributed by atoms with Gasteiger partial charge in [0, 0.05) is 29.6 Å². The van der Waals surface area contributed by atoms with Crippen LogP contribution < -0.4 is 5.35 Å². The molecule has 0 saturated heterocycles. The number of nitrogens with zero attached hydrogens (tertiary/aromatic N) is 2. The van der Waals surface area contributed by atoms with Crippen LogP contribution in [0.15, 0.2) is 48.8 Å². The van der Waals surface area contributed by atoms with E-state index in [0.29, 0.717) is 5.56 Å². The lowest BCUT2D eigenvalue weighted by atomic mass is 10.1. The van der Waals surface area contributed by atoms with E-state index in [9.17, 15) is 4.79 Å². The molecule has 0 bridgehead atoms. The maximum absolute atomic E-state index is 12.0. The van der Waals surface area contributed by atoms with Gasteiger partial charge in [-0.3, -0.25) is 8.88 Å². The molecule has 1 aromatic carbocycles. The van der Waals surface area contributed by atoms with Gasteiger partial charge in [0.2, 0.25) is 0 Å². The first-order valence-electron chi connectivity index (χ1n) is 5.96. The molecule has 2 heterocycles. The molecule has 19 heavy (non-hydrogen) atoms. The van der Waals surface area contributed by atoms with E-state index in [4.69, 9.17) is 11.8 Å². The number of benzene rings is 1. The average Bonchev–Trinajstić information content (AvgIpc) is 2.79. The Morgan fingerprint density at radius 1 is 1.16 bits per heavy atom. The maximum atomic E-state index is 12.0. The lowest BCUT2D eigenvalue weighted by molar-refractivity contribution is 0.104. The van der Waals surface area contributed by atoms with Gasteiger partial charge in [0.1, 0.15) is 0 Å². The second-order valence-electron chi connectivity index (χ2n) is 4.53. The first-order chi connectivity index (χ1) is 9.25. The molecule has 0 atom stereocenters. The SMILES string of the molecule is O=C1C=CC=c2c1cn(Cl)c1cccc3ccn2c31. The van der Waals surface area contributed by atoms with Gasteiger partial charge < -0.3 is 4.40 Å². The van der Waals surface area contributed by atoms with Crippen LogP contribution in [-0.4, -0.2) is 14.3 Å². The molecule has 1 aliphatic carbocycles. The summed E-state index contributed by atoms with van der Waals surface area (Å²) in [7, 11) is 0. The summed E-state index contributed by atoms with van der Waals surface area (Å²) in [6.45, 7) is 0. The van der Waals surface area contributed by atoms with Crippen molar-refractivity contribution in [2.45, 2.75) is 0 Å². The molecule has 4 rings (SSSR count). The third-order valence-corrected chi connectivity index (χ3v) is 3.74. The standard InChI is InChI=1S/C15H9ClN2O/c16-18-9-11-12(4-2-6-14(11)19)17-8-7-10-3-1-5-13(18)15(10)17/h1-9H. The second-order valence-corrected chi connectivity index (χ2v) is 4.89. The molecule has 0 N–H and O–H groups in total. The summed E-state index contributed by atoms with van der Waals surface area (Å²) in [5.74, 6) is -0.0298. The summed E-state index contributed by atoms with van der Waals surface area (Å²) in [6.07, 6.45) is 8.90. The summed E-state index contributed by atoms with van der Waals surface area (Å²) in [5, 5.41) is 1.96. The van der Waals surface area contributed by atoms with Crippen LogP contribution in [0.2, 0.25) is 0 Å². The fourth-order valence-electron chi connectivity index (χ4n) is 2.60. The van der Waals surface area contributed by atoms with Crippen molar-refractivity contribution in [3.8, 4) is 0 Å². The highest BCUT2D eigenvalue weighted by atomic mass is 35.5. The number of hydrogen-bond acceptors (Lipinski definition) is 1. The Kier molecular flexibility index (Phi) is 2.03. The number of allylic oxidation sites excluding steroid dienone is 2. The Morgan fingerprint density at radius 3 is 2.95 bits per heavy atom. The Balaban J connectivity index is 2.43. The third kappa shape index (κ3) is 1.36. The molecular weight excluding hydrogens is 260 g/mol.